The molecule has 0 aliphatic rings. The van der Waals surface area contributed by atoms with Crippen LogP contribution in [0, 0.1) is 5.41 Å². The minimum atomic E-state index is 0.0543. The van der Waals surface area contributed by atoms with Crippen LogP contribution in [0.4, 0.5) is 0 Å². The normalized spacial score (nSPS) is 13.6. The van der Waals surface area contributed by atoms with Crippen LogP contribution >= 0.6 is 11.8 Å². The van der Waals surface area contributed by atoms with Crippen LogP contribution < -0.4 is 0 Å². The molecule has 0 spiro atoms. The van der Waals surface area contributed by atoms with Crippen molar-refractivity contribution >= 4 is 18.0 Å². The van der Waals surface area contributed by atoms with E-state index in [0.29, 0.717) is 0 Å². The molecule has 1 nitrogen and oxygen atoms in total. The van der Waals surface area contributed by atoms with E-state index in [1.165, 1.54) is 11.8 Å². The van der Waals surface area contributed by atoms with Crippen molar-refractivity contribution < 1.29 is 4.79 Å². The number of allylic oxidation sites excluding steroid dienone is 3. The van der Waals surface area contributed by atoms with E-state index in [4.69, 9.17) is 0 Å². The molecule has 0 aliphatic heterocycles. The average Bonchev–Trinajstić information content (AvgIpc) is 1.96. The van der Waals surface area contributed by atoms with Crippen LogP contribution in [-0.4, -0.2) is 6.29 Å². The van der Waals surface area contributed by atoms with E-state index in [1.807, 2.05) is 13.8 Å². The fourth-order valence-electron chi connectivity index (χ4n) is 0.746. The smallest absolute Gasteiger partial charge is 0.156 e. The van der Waals surface area contributed by atoms with Gasteiger partial charge in [-0.2, -0.15) is 0 Å². The Bertz CT molecular complexity index is 243. The van der Waals surface area contributed by atoms with Gasteiger partial charge in [-0.3, -0.25) is 4.79 Å². The Balaban J connectivity index is 4.90. The third-order valence-electron chi connectivity index (χ3n) is 1.89. The molecule has 13 heavy (non-hydrogen) atoms. The first-order chi connectivity index (χ1) is 5.79. The molecule has 0 fully saturated rings. The molecular weight excluding hydrogens is 180 g/mol. The molecule has 0 saturated carbocycles. The first kappa shape index (κ1) is 12.5. The molecule has 0 aromatic rings. The Morgan fingerprint density at radius 3 is 2.00 bits per heavy atom. The van der Waals surface area contributed by atoms with Crippen LogP contribution in [0.3, 0.4) is 0 Å². The first-order valence-corrected chi connectivity index (χ1v) is 5.10. The van der Waals surface area contributed by atoms with Crippen molar-refractivity contribution in [1.29, 1.82) is 0 Å². The lowest BCUT2D eigenvalue weighted by molar-refractivity contribution is -0.104. The van der Waals surface area contributed by atoms with E-state index >= 15 is 0 Å². The Morgan fingerprint density at radius 1 is 1.31 bits per heavy atom. The number of hydrogen-bond donors (Lipinski definition) is 0. The van der Waals surface area contributed by atoms with Crippen molar-refractivity contribution in [2.75, 3.05) is 0 Å². The molecule has 0 unspecified atom stereocenters. The molecule has 0 aliphatic carbocycles. The van der Waals surface area contributed by atoms with E-state index < -0.39 is 0 Å². The summed E-state index contributed by atoms with van der Waals surface area (Å²) in [4.78, 5) is 12.6. The molecule has 0 radical (unpaired) electrons. The quantitative estimate of drug-likeness (QED) is 0.507. The summed E-state index contributed by atoms with van der Waals surface area (Å²) in [5.74, 6) is 0. The maximum absolute atomic E-state index is 10.8. The minimum absolute atomic E-state index is 0.0543. The maximum Gasteiger partial charge on any atom is 0.156 e. The van der Waals surface area contributed by atoms with Gasteiger partial charge in [0.2, 0.25) is 0 Å². The standard InChI is InChI=1S/C11H18OS/c1-8(2)13-10(7-12)9(3)11(4,5)6/h7H,1H2,2-6H3/b10-9+. The number of rotatable bonds is 3. The summed E-state index contributed by atoms with van der Waals surface area (Å²) < 4.78 is 0. The number of aldehydes is 1. The van der Waals surface area contributed by atoms with E-state index in [0.717, 1.165) is 21.7 Å². The lowest BCUT2D eigenvalue weighted by Gasteiger charge is -2.21. The predicted molar refractivity (Wildman–Crippen MR) is 60.6 cm³/mol. The van der Waals surface area contributed by atoms with Crippen LogP contribution in [0.5, 0.6) is 0 Å². The van der Waals surface area contributed by atoms with Gasteiger partial charge in [-0.1, -0.05) is 44.7 Å². The molecule has 74 valence electrons. The van der Waals surface area contributed by atoms with Crippen molar-refractivity contribution in [2.24, 2.45) is 5.41 Å². The van der Waals surface area contributed by atoms with Crippen LogP contribution in [0.25, 0.3) is 0 Å². The van der Waals surface area contributed by atoms with Crippen molar-refractivity contribution in [3.05, 3.63) is 22.0 Å². The Labute approximate surface area is 85.3 Å². The van der Waals surface area contributed by atoms with Crippen LogP contribution in [-0.2, 0) is 4.79 Å². The highest BCUT2D eigenvalue weighted by Gasteiger charge is 2.17. The van der Waals surface area contributed by atoms with Gasteiger partial charge in [0, 0.05) is 0 Å². The zero-order chi connectivity index (χ0) is 10.6. The zero-order valence-corrected chi connectivity index (χ0v) is 9.92. The predicted octanol–water partition coefficient (Wildman–Crippen LogP) is 3.77. The summed E-state index contributed by atoms with van der Waals surface area (Å²) in [6.45, 7) is 14.0. The van der Waals surface area contributed by atoms with Gasteiger partial charge < -0.3 is 0 Å². The van der Waals surface area contributed by atoms with E-state index in [-0.39, 0.29) is 5.41 Å². The highest BCUT2D eigenvalue weighted by molar-refractivity contribution is 8.07. The second-order valence-corrected chi connectivity index (χ2v) is 5.50. The van der Waals surface area contributed by atoms with Crippen molar-refractivity contribution in [1.82, 2.24) is 0 Å². The summed E-state index contributed by atoms with van der Waals surface area (Å²) in [5.41, 5.74) is 1.18. The summed E-state index contributed by atoms with van der Waals surface area (Å²) >= 11 is 1.45. The lowest BCUT2D eigenvalue weighted by Crippen LogP contribution is -2.09. The fourth-order valence-corrected chi connectivity index (χ4v) is 1.63. The Kier molecular flexibility index (Phi) is 4.48. The molecule has 0 atom stereocenters. The van der Waals surface area contributed by atoms with E-state index in [1.54, 1.807) is 0 Å². The molecule has 0 bridgehead atoms. The molecule has 0 heterocycles. The van der Waals surface area contributed by atoms with Crippen LogP contribution in [0.1, 0.15) is 34.6 Å². The second-order valence-electron chi connectivity index (χ2n) is 4.16. The third kappa shape index (κ3) is 4.32. The van der Waals surface area contributed by atoms with E-state index in [9.17, 15) is 4.79 Å². The monoisotopic (exact) mass is 198 g/mol. The lowest BCUT2D eigenvalue weighted by atomic mass is 9.87. The van der Waals surface area contributed by atoms with Gasteiger partial charge in [0.15, 0.2) is 6.29 Å². The van der Waals surface area contributed by atoms with Gasteiger partial charge >= 0.3 is 0 Å². The highest BCUT2D eigenvalue weighted by Crippen LogP contribution is 2.33. The average molecular weight is 198 g/mol. The number of carbonyl (C=O) groups excluding carboxylic acids is 1. The van der Waals surface area contributed by atoms with Crippen molar-refractivity contribution in [3.63, 3.8) is 0 Å². The zero-order valence-electron chi connectivity index (χ0n) is 9.10. The van der Waals surface area contributed by atoms with Gasteiger partial charge in [0.1, 0.15) is 0 Å². The molecule has 0 aromatic carbocycles. The number of carbonyl (C=O) groups is 1. The van der Waals surface area contributed by atoms with Crippen molar-refractivity contribution in [3.8, 4) is 0 Å². The maximum atomic E-state index is 10.8. The summed E-state index contributed by atoms with van der Waals surface area (Å²) in [6, 6.07) is 0. The fraction of sp³-hybridized carbons (Fsp3) is 0.545. The van der Waals surface area contributed by atoms with Gasteiger partial charge in [-0.05, 0) is 24.2 Å². The van der Waals surface area contributed by atoms with Crippen LogP contribution in [0.15, 0.2) is 22.0 Å². The SMILES string of the molecule is C=C(C)S/C(C=O)=C(\C)C(C)(C)C. The van der Waals surface area contributed by atoms with Gasteiger partial charge in [-0.25, -0.2) is 0 Å². The van der Waals surface area contributed by atoms with Gasteiger partial charge in [0.05, 0.1) is 4.91 Å². The van der Waals surface area contributed by atoms with Crippen LogP contribution in [0.2, 0.25) is 0 Å². The van der Waals surface area contributed by atoms with E-state index in [2.05, 4.69) is 27.4 Å². The molecule has 0 N–H and O–H groups in total. The summed E-state index contributed by atoms with van der Waals surface area (Å²) in [5, 5.41) is 0. The molecular formula is C11H18OS. The molecule has 0 aromatic heterocycles. The summed E-state index contributed by atoms with van der Waals surface area (Å²) in [7, 11) is 0. The minimum Gasteiger partial charge on any atom is -0.297 e. The van der Waals surface area contributed by atoms with Crippen molar-refractivity contribution in [2.45, 2.75) is 34.6 Å². The topological polar surface area (TPSA) is 17.1 Å². The molecule has 2 heteroatoms. The van der Waals surface area contributed by atoms with Gasteiger partial charge in [0.25, 0.3) is 0 Å². The first-order valence-electron chi connectivity index (χ1n) is 4.29. The largest absolute Gasteiger partial charge is 0.297 e. The highest BCUT2D eigenvalue weighted by atomic mass is 32.2. The number of hydrogen-bond acceptors (Lipinski definition) is 2. The number of thioether (sulfide) groups is 1. The second kappa shape index (κ2) is 4.66. The molecule has 0 rings (SSSR count). The van der Waals surface area contributed by atoms with Gasteiger partial charge in [-0.15, -0.1) is 0 Å². The Morgan fingerprint density at radius 2 is 1.77 bits per heavy atom. The Hall–Kier alpha value is -0.500. The molecule has 0 saturated heterocycles. The molecule has 0 amide bonds. The third-order valence-corrected chi connectivity index (χ3v) is 2.86. The summed E-state index contributed by atoms with van der Waals surface area (Å²) in [6.07, 6.45) is 0.917.